The molecule has 1 aliphatic heterocycles. The lowest BCUT2D eigenvalue weighted by Crippen LogP contribution is -2.61. The first-order valence-electron chi connectivity index (χ1n) is 8.11. The molecular formula is C15H23FN2O3S. The van der Waals surface area contributed by atoms with Gasteiger partial charge in [0.1, 0.15) is 16.0 Å². The Balaban J connectivity index is 1.64. The summed E-state index contributed by atoms with van der Waals surface area (Å²) >= 11 is 0. The number of nitrogens with zero attached hydrogens (tertiary/aromatic N) is 1. The lowest BCUT2D eigenvalue weighted by atomic mass is 9.64. The predicted octanol–water partition coefficient (Wildman–Crippen LogP) is 2.42. The Morgan fingerprint density at radius 1 is 1.05 bits per heavy atom. The van der Waals surface area contributed by atoms with E-state index < -0.39 is 26.0 Å². The molecule has 0 aromatic carbocycles. The van der Waals surface area contributed by atoms with Crippen LogP contribution in [0.5, 0.6) is 0 Å². The highest BCUT2D eigenvalue weighted by Gasteiger charge is 2.69. The van der Waals surface area contributed by atoms with E-state index in [1.165, 1.54) is 0 Å². The molecule has 5 fully saturated rings. The Morgan fingerprint density at radius 2 is 1.59 bits per heavy atom. The largest absolute Gasteiger partial charge is 0.457 e. The van der Waals surface area contributed by atoms with Crippen molar-refractivity contribution in [1.29, 1.82) is 0 Å². The molecule has 1 heterocycles. The number of aliphatic imine (C=N–C) groups is 1. The zero-order chi connectivity index (χ0) is 15.9. The second kappa shape index (κ2) is 3.97. The van der Waals surface area contributed by atoms with Crippen LogP contribution in [0.4, 0.5) is 4.39 Å². The zero-order valence-electron chi connectivity index (χ0n) is 13.1. The standard InChI is InChI=1S/C15H23FN2O3S/c1-12(2)15(9-10-15)22(19,20)18-11(21-12)17-14-6-3-13(16,4-7-14)5-8-14/h3-10H2,1-2H3,(H,17,18). The number of fused-ring (bicyclic) bond motifs is 3. The lowest BCUT2D eigenvalue weighted by molar-refractivity contribution is 0.00457. The van der Waals surface area contributed by atoms with Crippen molar-refractivity contribution in [2.75, 3.05) is 0 Å². The molecular weight excluding hydrogens is 307 g/mol. The number of sulfonamides is 1. The minimum atomic E-state index is -3.47. The van der Waals surface area contributed by atoms with E-state index in [0.717, 1.165) is 0 Å². The fraction of sp³-hybridized carbons (Fsp3) is 0.933. The quantitative estimate of drug-likeness (QED) is 0.803. The Kier molecular flexibility index (Phi) is 2.66. The van der Waals surface area contributed by atoms with Crippen LogP contribution < -0.4 is 4.72 Å². The van der Waals surface area contributed by atoms with Crippen molar-refractivity contribution in [1.82, 2.24) is 4.72 Å². The molecule has 0 radical (unpaired) electrons. The minimum Gasteiger partial charge on any atom is -0.457 e. The highest BCUT2D eigenvalue weighted by Crippen LogP contribution is 2.55. The normalized spacial score (nSPS) is 45.3. The van der Waals surface area contributed by atoms with Crippen molar-refractivity contribution in [3.05, 3.63) is 0 Å². The molecule has 5 rings (SSSR count). The molecule has 124 valence electrons. The minimum absolute atomic E-state index is 0.107. The summed E-state index contributed by atoms with van der Waals surface area (Å²) < 4.78 is 47.0. The molecule has 2 bridgehead atoms. The average Bonchev–Trinajstić information content (AvgIpc) is 3.20. The van der Waals surface area contributed by atoms with Gasteiger partial charge in [0.25, 0.3) is 6.02 Å². The van der Waals surface area contributed by atoms with Crippen LogP contribution in [0.3, 0.4) is 0 Å². The molecule has 7 heteroatoms. The Morgan fingerprint density at radius 3 is 2.05 bits per heavy atom. The van der Waals surface area contributed by atoms with E-state index in [2.05, 4.69) is 9.71 Å². The summed E-state index contributed by atoms with van der Waals surface area (Å²) in [6.45, 7) is 3.64. The Bertz CT molecular complexity index is 627. The van der Waals surface area contributed by atoms with Gasteiger partial charge in [0.15, 0.2) is 0 Å². The van der Waals surface area contributed by atoms with Gasteiger partial charge in [0.05, 0.1) is 5.54 Å². The monoisotopic (exact) mass is 330 g/mol. The van der Waals surface area contributed by atoms with E-state index in [4.69, 9.17) is 4.74 Å². The molecule has 1 N–H and O–H groups in total. The third-order valence-electron chi connectivity index (χ3n) is 6.34. The van der Waals surface area contributed by atoms with Crippen LogP contribution in [0, 0.1) is 0 Å². The molecule has 4 saturated carbocycles. The topological polar surface area (TPSA) is 67.8 Å². The summed E-state index contributed by atoms with van der Waals surface area (Å²) in [5.74, 6) is 0. The summed E-state index contributed by atoms with van der Waals surface area (Å²) in [6.07, 6.45) is 4.81. The van der Waals surface area contributed by atoms with Gasteiger partial charge >= 0.3 is 0 Å². The average molecular weight is 330 g/mol. The van der Waals surface area contributed by atoms with Crippen molar-refractivity contribution in [3.63, 3.8) is 0 Å². The van der Waals surface area contributed by atoms with Gasteiger partial charge in [-0.1, -0.05) is 0 Å². The number of hydrogen-bond donors (Lipinski definition) is 1. The van der Waals surface area contributed by atoms with Gasteiger partial charge in [0.2, 0.25) is 10.0 Å². The van der Waals surface area contributed by atoms with Gasteiger partial charge in [-0.2, -0.15) is 0 Å². The summed E-state index contributed by atoms with van der Waals surface area (Å²) in [5.41, 5.74) is -2.15. The first-order chi connectivity index (χ1) is 10.1. The van der Waals surface area contributed by atoms with Crippen molar-refractivity contribution in [2.24, 2.45) is 4.99 Å². The Labute approximate surface area is 130 Å². The van der Waals surface area contributed by atoms with Gasteiger partial charge in [-0.25, -0.2) is 22.5 Å². The van der Waals surface area contributed by atoms with Crippen LogP contribution in [0.2, 0.25) is 0 Å². The molecule has 1 saturated heterocycles. The fourth-order valence-corrected chi connectivity index (χ4v) is 6.27. The van der Waals surface area contributed by atoms with Crippen LogP contribution in [0.25, 0.3) is 0 Å². The van der Waals surface area contributed by atoms with E-state index in [0.29, 0.717) is 51.4 Å². The lowest BCUT2D eigenvalue weighted by Gasteiger charge is -2.48. The number of rotatable bonds is 1. The third kappa shape index (κ3) is 1.87. The molecule has 5 aliphatic rings. The maximum Gasteiger partial charge on any atom is 0.299 e. The van der Waals surface area contributed by atoms with Crippen molar-refractivity contribution in [3.8, 4) is 0 Å². The molecule has 0 atom stereocenters. The van der Waals surface area contributed by atoms with Crippen LogP contribution in [0.1, 0.15) is 65.2 Å². The van der Waals surface area contributed by atoms with E-state index >= 15 is 0 Å². The van der Waals surface area contributed by atoms with Crippen molar-refractivity contribution in [2.45, 2.75) is 86.8 Å². The number of halogens is 1. The molecule has 0 aromatic rings. The van der Waals surface area contributed by atoms with E-state index in [9.17, 15) is 12.8 Å². The second-order valence-corrected chi connectivity index (χ2v) is 10.00. The van der Waals surface area contributed by atoms with Gasteiger partial charge in [-0.15, -0.1) is 0 Å². The molecule has 0 aromatic heterocycles. The number of amidine groups is 1. The van der Waals surface area contributed by atoms with E-state index in [-0.39, 0.29) is 11.6 Å². The summed E-state index contributed by atoms with van der Waals surface area (Å²) in [6, 6.07) is 0.107. The number of nitrogens with one attached hydrogen (secondary N) is 1. The van der Waals surface area contributed by atoms with Gasteiger partial charge < -0.3 is 4.74 Å². The van der Waals surface area contributed by atoms with Crippen LogP contribution in [-0.4, -0.2) is 36.0 Å². The van der Waals surface area contributed by atoms with Gasteiger partial charge in [-0.3, -0.25) is 0 Å². The van der Waals surface area contributed by atoms with Crippen LogP contribution >= 0.6 is 0 Å². The predicted molar refractivity (Wildman–Crippen MR) is 80.9 cm³/mol. The molecule has 4 aliphatic carbocycles. The number of alkyl halides is 1. The highest BCUT2D eigenvalue weighted by molar-refractivity contribution is 7.91. The zero-order valence-corrected chi connectivity index (χ0v) is 13.9. The molecule has 0 amide bonds. The van der Waals surface area contributed by atoms with Crippen molar-refractivity contribution < 1.29 is 17.5 Å². The summed E-state index contributed by atoms with van der Waals surface area (Å²) in [7, 11) is -3.47. The molecule has 5 nitrogen and oxygen atoms in total. The number of hydrogen-bond acceptors (Lipinski definition) is 4. The maximum absolute atomic E-state index is 14.3. The molecule has 1 spiro atoms. The first kappa shape index (κ1) is 14.7. The van der Waals surface area contributed by atoms with Crippen LogP contribution in [0.15, 0.2) is 4.99 Å². The van der Waals surface area contributed by atoms with E-state index in [1.807, 2.05) is 13.8 Å². The smallest absolute Gasteiger partial charge is 0.299 e. The van der Waals surface area contributed by atoms with Crippen LogP contribution in [-0.2, 0) is 14.8 Å². The fourth-order valence-electron chi connectivity index (χ4n) is 4.42. The molecule has 22 heavy (non-hydrogen) atoms. The number of ether oxygens (including phenoxy) is 1. The Hall–Kier alpha value is -0.850. The summed E-state index contributed by atoms with van der Waals surface area (Å²) in [5, 5.41) is 0. The van der Waals surface area contributed by atoms with Gasteiger partial charge in [0, 0.05) is 0 Å². The molecule has 0 unspecified atom stereocenters. The highest BCUT2D eigenvalue weighted by atomic mass is 32.2. The third-order valence-corrected chi connectivity index (χ3v) is 8.72. The first-order valence-corrected chi connectivity index (χ1v) is 9.60. The maximum atomic E-state index is 14.3. The van der Waals surface area contributed by atoms with Crippen molar-refractivity contribution >= 4 is 16.0 Å². The second-order valence-electron chi connectivity index (χ2n) is 8.00. The summed E-state index contributed by atoms with van der Waals surface area (Å²) in [4.78, 5) is 4.64. The SMILES string of the molecule is CC1(C)OC(=NC23CCC(F)(CC2)CC3)NS(=O)(=O)C12CC2. The van der Waals surface area contributed by atoms with Gasteiger partial charge in [-0.05, 0) is 65.2 Å². The van der Waals surface area contributed by atoms with E-state index in [1.54, 1.807) is 0 Å².